The van der Waals surface area contributed by atoms with Crippen LogP contribution in [-0.2, 0) is 4.79 Å². The van der Waals surface area contributed by atoms with E-state index in [1.165, 1.54) is 35.6 Å². The molecule has 0 fully saturated rings. The van der Waals surface area contributed by atoms with E-state index in [2.05, 4.69) is 15.6 Å². The van der Waals surface area contributed by atoms with E-state index >= 15 is 0 Å². The highest BCUT2D eigenvalue weighted by atomic mass is 32.1. The summed E-state index contributed by atoms with van der Waals surface area (Å²) in [7, 11) is 0. The van der Waals surface area contributed by atoms with Gasteiger partial charge in [0.05, 0.1) is 10.2 Å². The summed E-state index contributed by atoms with van der Waals surface area (Å²) in [5.74, 6) is -0.771. The molecule has 3 rings (SSSR count). The Labute approximate surface area is 147 Å². The molecule has 0 unspecified atom stereocenters. The Kier molecular flexibility index (Phi) is 5.04. The molecular weight excluding hydrogens is 341 g/mol. The van der Waals surface area contributed by atoms with Gasteiger partial charge in [0.25, 0.3) is 5.91 Å². The molecule has 0 spiro atoms. The highest BCUT2D eigenvalue weighted by molar-refractivity contribution is 7.22. The number of benzene rings is 2. The summed E-state index contributed by atoms with van der Waals surface area (Å²) in [6.45, 7) is 1.94. The molecule has 0 aliphatic carbocycles. The van der Waals surface area contributed by atoms with Crippen molar-refractivity contribution in [3.63, 3.8) is 0 Å². The van der Waals surface area contributed by atoms with E-state index in [4.69, 9.17) is 0 Å². The fourth-order valence-corrected chi connectivity index (χ4v) is 3.19. The first-order valence-corrected chi connectivity index (χ1v) is 8.64. The predicted molar refractivity (Wildman–Crippen MR) is 97.5 cm³/mol. The summed E-state index contributed by atoms with van der Waals surface area (Å²) in [5.41, 5.74) is 1.73. The number of hydrogen-bond acceptors (Lipinski definition) is 4. The molecule has 3 aromatic rings. The van der Waals surface area contributed by atoms with E-state index in [0.29, 0.717) is 22.8 Å². The van der Waals surface area contributed by atoms with Crippen LogP contribution in [0.4, 0.5) is 15.2 Å². The Hall–Kier alpha value is -2.80. The Morgan fingerprint density at radius 1 is 1.12 bits per heavy atom. The number of anilines is 2. The largest absolute Gasteiger partial charge is 0.322 e. The van der Waals surface area contributed by atoms with Crippen LogP contribution in [0, 0.1) is 5.82 Å². The zero-order chi connectivity index (χ0) is 17.8. The number of thiazole rings is 1. The van der Waals surface area contributed by atoms with Gasteiger partial charge in [0.2, 0.25) is 5.91 Å². The predicted octanol–water partition coefficient (Wildman–Crippen LogP) is 4.43. The fraction of sp³-hybridized carbons (Fsp3) is 0.167. The van der Waals surface area contributed by atoms with Crippen molar-refractivity contribution < 1.29 is 14.0 Å². The minimum atomic E-state index is -0.389. The number of nitrogens with one attached hydrogen (secondary N) is 2. The summed E-state index contributed by atoms with van der Waals surface area (Å²) in [4.78, 5) is 28.2. The van der Waals surface area contributed by atoms with Crippen LogP contribution in [0.3, 0.4) is 0 Å². The lowest BCUT2D eigenvalue weighted by Crippen LogP contribution is -2.11. The van der Waals surface area contributed by atoms with Gasteiger partial charge in [-0.25, -0.2) is 9.37 Å². The van der Waals surface area contributed by atoms with Crippen molar-refractivity contribution in [1.29, 1.82) is 0 Å². The number of aromatic nitrogens is 1. The molecule has 2 aromatic carbocycles. The van der Waals surface area contributed by atoms with Crippen LogP contribution in [0.25, 0.3) is 10.2 Å². The summed E-state index contributed by atoms with van der Waals surface area (Å²) in [5, 5.41) is 6.08. The number of fused-ring (bicyclic) bond motifs is 1. The standard InChI is InChI=1S/C18H16FN3O2S/c1-2-3-16(23)22-18-21-14-9-8-13(10-15(14)25-18)20-17(24)11-4-6-12(19)7-5-11/h4-10H,2-3H2,1H3,(H,20,24)(H,21,22,23). The molecule has 0 aliphatic rings. The molecular formula is C18H16FN3O2S. The van der Waals surface area contributed by atoms with Gasteiger partial charge in [0, 0.05) is 17.7 Å². The summed E-state index contributed by atoms with van der Waals surface area (Å²) < 4.78 is 13.8. The molecule has 7 heteroatoms. The van der Waals surface area contributed by atoms with Crippen LogP contribution in [-0.4, -0.2) is 16.8 Å². The molecule has 1 heterocycles. The van der Waals surface area contributed by atoms with Crippen molar-refractivity contribution in [2.75, 3.05) is 10.6 Å². The minimum absolute atomic E-state index is 0.0635. The molecule has 1 aromatic heterocycles. The van der Waals surface area contributed by atoms with Gasteiger partial charge in [-0.1, -0.05) is 18.3 Å². The van der Waals surface area contributed by atoms with Crippen LogP contribution >= 0.6 is 11.3 Å². The average molecular weight is 357 g/mol. The van der Waals surface area contributed by atoms with E-state index < -0.39 is 0 Å². The van der Waals surface area contributed by atoms with Crippen LogP contribution in [0.1, 0.15) is 30.1 Å². The highest BCUT2D eigenvalue weighted by Gasteiger charge is 2.10. The maximum Gasteiger partial charge on any atom is 0.255 e. The van der Waals surface area contributed by atoms with Gasteiger partial charge in [-0.15, -0.1) is 0 Å². The number of halogens is 1. The zero-order valence-corrected chi connectivity index (χ0v) is 14.3. The first kappa shape index (κ1) is 17.0. The van der Waals surface area contributed by atoms with E-state index in [0.717, 1.165) is 16.6 Å². The lowest BCUT2D eigenvalue weighted by Gasteiger charge is -2.05. The van der Waals surface area contributed by atoms with Crippen LogP contribution < -0.4 is 10.6 Å². The molecule has 128 valence electrons. The molecule has 2 amide bonds. The molecule has 0 aliphatic heterocycles. The molecule has 2 N–H and O–H groups in total. The number of carbonyl (C=O) groups is 2. The summed E-state index contributed by atoms with van der Waals surface area (Å²) >= 11 is 1.35. The Balaban J connectivity index is 1.75. The van der Waals surface area contributed by atoms with Gasteiger partial charge in [0.1, 0.15) is 5.82 Å². The number of nitrogens with zero attached hydrogens (tertiary/aromatic N) is 1. The van der Waals surface area contributed by atoms with Crippen LogP contribution in [0.2, 0.25) is 0 Å². The summed E-state index contributed by atoms with van der Waals surface area (Å²) in [6.07, 6.45) is 1.23. The number of hydrogen-bond donors (Lipinski definition) is 2. The van der Waals surface area contributed by atoms with Gasteiger partial charge in [-0.05, 0) is 48.9 Å². The second kappa shape index (κ2) is 7.40. The molecule has 25 heavy (non-hydrogen) atoms. The van der Waals surface area contributed by atoms with E-state index in [1.807, 2.05) is 6.92 Å². The monoisotopic (exact) mass is 357 g/mol. The van der Waals surface area contributed by atoms with Gasteiger partial charge in [-0.2, -0.15) is 0 Å². The van der Waals surface area contributed by atoms with E-state index in [9.17, 15) is 14.0 Å². The topological polar surface area (TPSA) is 71.1 Å². The van der Waals surface area contributed by atoms with E-state index in [1.54, 1.807) is 18.2 Å². The molecule has 0 saturated carbocycles. The maximum absolute atomic E-state index is 12.9. The normalized spacial score (nSPS) is 10.6. The number of rotatable bonds is 5. The number of amides is 2. The SMILES string of the molecule is CCCC(=O)Nc1nc2ccc(NC(=O)c3ccc(F)cc3)cc2s1. The average Bonchev–Trinajstić information content (AvgIpc) is 2.97. The van der Waals surface area contributed by atoms with Gasteiger partial charge < -0.3 is 10.6 Å². The fourth-order valence-electron chi connectivity index (χ4n) is 2.27. The number of carbonyl (C=O) groups excluding carboxylic acids is 2. The van der Waals surface area contributed by atoms with Gasteiger partial charge in [-0.3, -0.25) is 9.59 Å². The van der Waals surface area contributed by atoms with Gasteiger partial charge >= 0.3 is 0 Å². The molecule has 0 saturated heterocycles. The molecule has 0 bridgehead atoms. The second-order valence-electron chi connectivity index (χ2n) is 5.46. The smallest absolute Gasteiger partial charge is 0.255 e. The first-order chi connectivity index (χ1) is 12.0. The van der Waals surface area contributed by atoms with Crippen molar-refractivity contribution in [2.24, 2.45) is 0 Å². The van der Waals surface area contributed by atoms with Crippen molar-refractivity contribution in [3.8, 4) is 0 Å². The van der Waals surface area contributed by atoms with Crippen molar-refractivity contribution in [3.05, 3.63) is 53.8 Å². The first-order valence-electron chi connectivity index (χ1n) is 7.82. The quantitative estimate of drug-likeness (QED) is 0.710. The third kappa shape index (κ3) is 4.19. The Bertz CT molecular complexity index is 922. The molecule has 5 nitrogen and oxygen atoms in total. The highest BCUT2D eigenvalue weighted by Crippen LogP contribution is 2.28. The van der Waals surface area contributed by atoms with Crippen LogP contribution in [0.15, 0.2) is 42.5 Å². The lowest BCUT2D eigenvalue weighted by atomic mass is 10.2. The molecule has 0 radical (unpaired) electrons. The minimum Gasteiger partial charge on any atom is -0.322 e. The maximum atomic E-state index is 12.9. The summed E-state index contributed by atoms with van der Waals surface area (Å²) in [6, 6.07) is 10.7. The van der Waals surface area contributed by atoms with Crippen molar-refractivity contribution in [1.82, 2.24) is 4.98 Å². The Morgan fingerprint density at radius 3 is 2.60 bits per heavy atom. The zero-order valence-electron chi connectivity index (χ0n) is 13.5. The van der Waals surface area contributed by atoms with Gasteiger partial charge in [0.15, 0.2) is 5.13 Å². The second-order valence-corrected chi connectivity index (χ2v) is 6.49. The lowest BCUT2D eigenvalue weighted by molar-refractivity contribution is -0.116. The third-order valence-electron chi connectivity index (χ3n) is 3.48. The van der Waals surface area contributed by atoms with E-state index in [-0.39, 0.29) is 17.6 Å². The third-order valence-corrected chi connectivity index (χ3v) is 4.41. The van der Waals surface area contributed by atoms with Crippen molar-refractivity contribution in [2.45, 2.75) is 19.8 Å². The Morgan fingerprint density at radius 2 is 1.88 bits per heavy atom. The molecule has 0 atom stereocenters. The van der Waals surface area contributed by atoms with Crippen LogP contribution in [0.5, 0.6) is 0 Å². The van der Waals surface area contributed by atoms with Crippen molar-refractivity contribution >= 4 is 44.2 Å².